The predicted molar refractivity (Wildman–Crippen MR) is 111 cm³/mol. The van der Waals surface area contributed by atoms with Gasteiger partial charge in [-0.15, -0.1) is 11.6 Å². The molecule has 1 atom stereocenters. The molecule has 0 spiro atoms. The van der Waals surface area contributed by atoms with E-state index in [4.69, 9.17) is 11.6 Å². The Kier molecular flexibility index (Phi) is 6.00. The minimum absolute atomic E-state index is 0.197. The topological polar surface area (TPSA) is 37.4 Å². The maximum absolute atomic E-state index is 12.7. The second-order valence-electron chi connectivity index (χ2n) is 6.55. The zero-order valence-electron chi connectivity index (χ0n) is 15.3. The monoisotopic (exact) mass is 399 g/mol. The first-order valence-corrected chi connectivity index (χ1v) is 10.6. The quantitative estimate of drug-likeness (QED) is 0.530. The van der Waals surface area contributed by atoms with E-state index in [1.54, 1.807) is 31.3 Å². The average molecular weight is 400 g/mol. The van der Waals surface area contributed by atoms with Crippen molar-refractivity contribution in [3.05, 3.63) is 90.0 Å². The maximum atomic E-state index is 12.7. The first-order chi connectivity index (χ1) is 12.9. The van der Waals surface area contributed by atoms with Crippen molar-refractivity contribution in [3.8, 4) is 11.1 Å². The van der Waals surface area contributed by atoms with Gasteiger partial charge in [-0.3, -0.25) is 0 Å². The Hall–Kier alpha value is -2.14. The lowest BCUT2D eigenvalue weighted by Gasteiger charge is -2.20. The van der Waals surface area contributed by atoms with E-state index in [0.717, 1.165) is 22.3 Å². The van der Waals surface area contributed by atoms with E-state index in [9.17, 15) is 8.42 Å². The van der Waals surface area contributed by atoms with Crippen LogP contribution < -0.4 is 0 Å². The SMILES string of the molecule is Cc1ccc(S(=O)(=O)N(C)CC(Cl)c2ccc(-c3ccccc3)cc2)cc1. The Morgan fingerprint density at radius 3 is 2.00 bits per heavy atom. The smallest absolute Gasteiger partial charge is 0.207 e. The molecule has 140 valence electrons. The highest BCUT2D eigenvalue weighted by Crippen LogP contribution is 2.27. The predicted octanol–water partition coefficient (Wildman–Crippen LogP) is 5.26. The molecule has 3 aromatic rings. The highest BCUT2D eigenvalue weighted by atomic mass is 35.5. The normalized spacial score (nSPS) is 12.9. The number of sulfonamides is 1. The molecule has 0 saturated heterocycles. The number of hydrogen-bond acceptors (Lipinski definition) is 2. The molecule has 0 radical (unpaired) electrons. The molecule has 0 aliphatic heterocycles. The highest BCUT2D eigenvalue weighted by Gasteiger charge is 2.23. The van der Waals surface area contributed by atoms with Crippen LogP contribution in [0.4, 0.5) is 0 Å². The summed E-state index contributed by atoms with van der Waals surface area (Å²) in [7, 11) is -2.00. The van der Waals surface area contributed by atoms with Gasteiger partial charge in [0.15, 0.2) is 0 Å². The highest BCUT2D eigenvalue weighted by molar-refractivity contribution is 7.89. The summed E-state index contributed by atoms with van der Waals surface area (Å²) < 4.78 is 26.7. The molecule has 0 bridgehead atoms. The van der Waals surface area contributed by atoms with Crippen molar-refractivity contribution in [2.24, 2.45) is 0 Å². The van der Waals surface area contributed by atoms with E-state index in [1.165, 1.54) is 4.31 Å². The zero-order chi connectivity index (χ0) is 19.4. The molecule has 0 fully saturated rings. The minimum atomic E-state index is -3.56. The van der Waals surface area contributed by atoms with Crippen molar-refractivity contribution in [3.63, 3.8) is 0 Å². The number of alkyl halides is 1. The molecule has 0 aliphatic carbocycles. The zero-order valence-corrected chi connectivity index (χ0v) is 16.9. The lowest BCUT2D eigenvalue weighted by Crippen LogP contribution is -2.30. The molecule has 3 rings (SSSR count). The summed E-state index contributed by atoms with van der Waals surface area (Å²) in [6, 6.07) is 24.8. The molecule has 0 aromatic heterocycles. The van der Waals surface area contributed by atoms with Crippen LogP contribution in [0.5, 0.6) is 0 Å². The van der Waals surface area contributed by atoms with E-state index in [2.05, 4.69) is 12.1 Å². The van der Waals surface area contributed by atoms with Gasteiger partial charge in [-0.1, -0.05) is 72.3 Å². The Morgan fingerprint density at radius 2 is 1.41 bits per heavy atom. The van der Waals surface area contributed by atoms with E-state index in [-0.39, 0.29) is 11.4 Å². The van der Waals surface area contributed by atoms with Crippen LogP contribution in [0.1, 0.15) is 16.5 Å². The first kappa shape index (κ1) is 19.6. The number of hydrogen-bond donors (Lipinski definition) is 0. The van der Waals surface area contributed by atoms with Gasteiger partial charge in [0.1, 0.15) is 0 Å². The van der Waals surface area contributed by atoms with Gasteiger partial charge in [0.2, 0.25) is 10.0 Å². The third-order valence-electron chi connectivity index (χ3n) is 4.53. The van der Waals surface area contributed by atoms with Gasteiger partial charge >= 0.3 is 0 Å². The largest absolute Gasteiger partial charge is 0.242 e. The average Bonchev–Trinajstić information content (AvgIpc) is 2.69. The molecular weight excluding hydrogens is 378 g/mol. The van der Waals surface area contributed by atoms with Gasteiger partial charge in [0.05, 0.1) is 10.3 Å². The fourth-order valence-electron chi connectivity index (χ4n) is 2.83. The standard InChI is InChI=1S/C22H22ClNO2S/c1-17-8-14-21(15-9-17)27(25,26)24(2)16-22(23)20-12-10-19(11-13-20)18-6-4-3-5-7-18/h3-15,22H,16H2,1-2H3. The summed E-state index contributed by atoms with van der Waals surface area (Å²) in [4.78, 5) is 0.277. The number of benzene rings is 3. The van der Waals surface area contributed by atoms with Crippen molar-refractivity contribution in [2.75, 3.05) is 13.6 Å². The third kappa shape index (κ3) is 4.59. The summed E-state index contributed by atoms with van der Waals surface area (Å²) in [5.41, 5.74) is 4.14. The van der Waals surface area contributed by atoms with Gasteiger partial charge in [-0.05, 0) is 35.7 Å². The minimum Gasteiger partial charge on any atom is -0.207 e. The second-order valence-corrected chi connectivity index (χ2v) is 9.13. The van der Waals surface area contributed by atoms with Crippen molar-refractivity contribution in [1.29, 1.82) is 0 Å². The molecule has 3 nitrogen and oxygen atoms in total. The van der Waals surface area contributed by atoms with Gasteiger partial charge in [-0.2, -0.15) is 4.31 Å². The summed E-state index contributed by atoms with van der Waals surface area (Å²) in [6.07, 6.45) is 0. The number of nitrogens with zero attached hydrogens (tertiary/aromatic N) is 1. The summed E-state index contributed by atoms with van der Waals surface area (Å²) >= 11 is 6.51. The molecule has 3 aromatic carbocycles. The lowest BCUT2D eigenvalue weighted by molar-refractivity contribution is 0.468. The van der Waals surface area contributed by atoms with Crippen LogP contribution in [0.2, 0.25) is 0 Å². The van der Waals surface area contributed by atoms with Crippen molar-refractivity contribution < 1.29 is 8.42 Å². The van der Waals surface area contributed by atoms with Crippen molar-refractivity contribution in [2.45, 2.75) is 17.2 Å². The van der Waals surface area contributed by atoms with Crippen LogP contribution in [0.3, 0.4) is 0 Å². The molecule has 0 saturated carbocycles. The van der Waals surface area contributed by atoms with Gasteiger partial charge in [0.25, 0.3) is 0 Å². The van der Waals surface area contributed by atoms with Gasteiger partial charge in [0, 0.05) is 13.6 Å². The van der Waals surface area contributed by atoms with Gasteiger partial charge < -0.3 is 0 Å². The summed E-state index contributed by atoms with van der Waals surface area (Å²) in [5, 5.41) is -0.431. The Morgan fingerprint density at radius 1 is 0.852 bits per heavy atom. The summed E-state index contributed by atoms with van der Waals surface area (Å²) in [6.45, 7) is 2.12. The first-order valence-electron chi connectivity index (χ1n) is 8.70. The van der Waals surface area contributed by atoms with Gasteiger partial charge in [-0.25, -0.2) is 8.42 Å². The third-order valence-corrected chi connectivity index (χ3v) is 6.75. The molecule has 0 heterocycles. The van der Waals surface area contributed by atoms with Crippen LogP contribution in [0.15, 0.2) is 83.8 Å². The van der Waals surface area contributed by atoms with E-state index in [1.807, 2.05) is 49.4 Å². The maximum Gasteiger partial charge on any atom is 0.242 e. The summed E-state index contributed by atoms with van der Waals surface area (Å²) in [5.74, 6) is 0. The Balaban J connectivity index is 1.72. The number of likely N-dealkylation sites (N-methyl/N-ethyl adjacent to an activating group) is 1. The van der Waals surface area contributed by atoms with E-state index >= 15 is 0 Å². The fourth-order valence-corrected chi connectivity index (χ4v) is 4.45. The molecule has 5 heteroatoms. The van der Waals surface area contributed by atoms with Crippen molar-refractivity contribution >= 4 is 21.6 Å². The molecular formula is C22H22ClNO2S. The second kappa shape index (κ2) is 8.26. The van der Waals surface area contributed by atoms with Crippen LogP contribution >= 0.6 is 11.6 Å². The van der Waals surface area contributed by atoms with Crippen LogP contribution in [-0.4, -0.2) is 26.3 Å². The van der Waals surface area contributed by atoms with Crippen LogP contribution in [0.25, 0.3) is 11.1 Å². The lowest BCUT2D eigenvalue weighted by atomic mass is 10.0. The molecule has 1 unspecified atom stereocenters. The Bertz CT molecular complexity index is 985. The molecule has 0 amide bonds. The molecule has 0 aliphatic rings. The fraction of sp³-hybridized carbons (Fsp3) is 0.182. The number of halogens is 1. The number of rotatable bonds is 6. The molecule has 27 heavy (non-hydrogen) atoms. The van der Waals surface area contributed by atoms with Crippen molar-refractivity contribution in [1.82, 2.24) is 4.31 Å². The number of aryl methyl sites for hydroxylation is 1. The van der Waals surface area contributed by atoms with Crippen LogP contribution in [-0.2, 0) is 10.0 Å². The molecule has 0 N–H and O–H groups in total. The van der Waals surface area contributed by atoms with Crippen LogP contribution in [0, 0.1) is 6.92 Å². The Labute approximate surface area is 166 Å². The van der Waals surface area contributed by atoms with E-state index in [0.29, 0.717) is 0 Å². The van der Waals surface area contributed by atoms with E-state index < -0.39 is 15.4 Å².